The molecule has 0 saturated carbocycles. The van der Waals surface area contributed by atoms with Crippen molar-refractivity contribution in [3.8, 4) is 0 Å². The molecule has 5 heteroatoms. The van der Waals surface area contributed by atoms with Gasteiger partial charge in [0.25, 0.3) is 0 Å². The van der Waals surface area contributed by atoms with Crippen molar-refractivity contribution in [2.24, 2.45) is 0 Å². The standard InChI is InChI=1S/C23H36N4O/c28-23(24-12-7-15-25-13-4-1-5-14-25)27-18-16-26(17-19-27)22-11-6-9-20-8-2-3-10-21(20)22/h2-3,8,10,22H,1,4-7,9,11-19H2,(H,24,28). The molecular weight excluding hydrogens is 348 g/mol. The van der Waals surface area contributed by atoms with Gasteiger partial charge in [0.2, 0.25) is 0 Å². The van der Waals surface area contributed by atoms with E-state index in [4.69, 9.17) is 0 Å². The van der Waals surface area contributed by atoms with Gasteiger partial charge in [-0.25, -0.2) is 4.79 Å². The third kappa shape index (κ3) is 4.87. The Bertz CT molecular complexity index is 635. The van der Waals surface area contributed by atoms with Crippen molar-refractivity contribution in [2.45, 2.75) is 51.0 Å². The normalized spacial score (nSPS) is 24.0. The number of carbonyl (C=O) groups excluding carboxylic acids is 1. The summed E-state index contributed by atoms with van der Waals surface area (Å²) in [4.78, 5) is 19.7. The Morgan fingerprint density at radius 1 is 0.964 bits per heavy atom. The first-order valence-electron chi connectivity index (χ1n) is 11.4. The quantitative estimate of drug-likeness (QED) is 0.792. The van der Waals surface area contributed by atoms with Crippen molar-refractivity contribution >= 4 is 6.03 Å². The van der Waals surface area contributed by atoms with Crippen LogP contribution in [0.3, 0.4) is 0 Å². The molecule has 5 nitrogen and oxygen atoms in total. The fourth-order valence-electron chi connectivity index (χ4n) is 5.14. The average molecular weight is 385 g/mol. The summed E-state index contributed by atoms with van der Waals surface area (Å²) in [6.07, 6.45) is 8.85. The maximum absolute atomic E-state index is 12.5. The molecule has 2 aliphatic heterocycles. The zero-order chi connectivity index (χ0) is 19.2. The van der Waals surface area contributed by atoms with Gasteiger partial charge in [0.05, 0.1) is 0 Å². The molecule has 1 aromatic carbocycles. The number of fused-ring (bicyclic) bond motifs is 1. The van der Waals surface area contributed by atoms with Gasteiger partial charge >= 0.3 is 6.03 Å². The molecule has 1 unspecified atom stereocenters. The average Bonchev–Trinajstić information content (AvgIpc) is 2.77. The molecule has 0 radical (unpaired) electrons. The van der Waals surface area contributed by atoms with Crippen molar-refractivity contribution in [1.82, 2.24) is 20.0 Å². The smallest absolute Gasteiger partial charge is 0.317 e. The Hall–Kier alpha value is -1.59. The monoisotopic (exact) mass is 384 g/mol. The Morgan fingerprint density at radius 3 is 2.57 bits per heavy atom. The van der Waals surface area contributed by atoms with Crippen LogP contribution < -0.4 is 5.32 Å². The minimum Gasteiger partial charge on any atom is -0.338 e. The van der Waals surface area contributed by atoms with Gasteiger partial charge in [-0.05, 0) is 69.3 Å². The van der Waals surface area contributed by atoms with E-state index < -0.39 is 0 Å². The Morgan fingerprint density at radius 2 is 1.75 bits per heavy atom. The molecule has 3 aliphatic rings. The summed E-state index contributed by atoms with van der Waals surface area (Å²) in [6.45, 7) is 8.05. The van der Waals surface area contributed by atoms with Crippen molar-refractivity contribution in [2.75, 3.05) is 52.4 Å². The summed E-state index contributed by atoms with van der Waals surface area (Å²) in [5, 5.41) is 3.14. The van der Waals surface area contributed by atoms with Gasteiger partial charge in [0, 0.05) is 38.8 Å². The number of likely N-dealkylation sites (tertiary alicyclic amines) is 1. The number of benzene rings is 1. The fraction of sp³-hybridized carbons (Fsp3) is 0.696. The Labute approximate surface area is 170 Å². The van der Waals surface area contributed by atoms with Crippen LogP contribution in [-0.2, 0) is 6.42 Å². The molecule has 2 heterocycles. The van der Waals surface area contributed by atoms with Crippen LogP contribution in [0, 0.1) is 0 Å². The van der Waals surface area contributed by atoms with Gasteiger partial charge in [-0.1, -0.05) is 30.7 Å². The lowest BCUT2D eigenvalue weighted by molar-refractivity contribution is 0.0999. The van der Waals surface area contributed by atoms with Crippen LogP contribution >= 0.6 is 0 Å². The minimum absolute atomic E-state index is 0.127. The van der Waals surface area contributed by atoms with Crippen LogP contribution in [-0.4, -0.2) is 73.1 Å². The van der Waals surface area contributed by atoms with Crippen molar-refractivity contribution in [3.63, 3.8) is 0 Å². The number of hydrogen-bond acceptors (Lipinski definition) is 3. The highest BCUT2D eigenvalue weighted by atomic mass is 16.2. The van der Waals surface area contributed by atoms with Gasteiger partial charge in [-0.3, -0.25) is 4.90 Å². The van der Waals surface area contributed by atoms with E-state index in [1.165, 1.54) is 62.7 Å². The van der Waals surface area contributed by atoms with E-state index in [1.807, 2.05) is 4.90 Å². The second-order valence-corrected chi connectivity index (χ2v) is 8.62. The predicted molar refractivity (Wildman–Crippen MR) is 114 cm³/mol. The highest BCUT2D eigenvalue weighted by Crippen LogP contribution is 2.34. The molecule has 1 atom stereocenters. The number of piperazine rings is 1. The number of aryl methyl sites for hydroxylation is 1. The lowest BCUT2D eigenvalue weighted by Gasteiger charge is -2.41. The van der Waals surface area contributed by atoms with E-state index in [1.54, 1.807) is 0 Å². The molecular formula is C23H36N4O. The lowest BCUT2D eigenvalue weighted by atomic mass is 9.86. The Kier molecular flexibility index (Phi) is 6.86. The Balaban J connectivity index is 1.18. The van der Waals surface area contributed by atoms with Crippen molar-refractivity contribution < 1.29 is 4.79 Å². The van der Waals surface area contributed by atoms with E-state index >= 15 is 0 Å². The first-order chi connectivity index (χ1) is 13.8. The molecule has 2 fully saturated rings. The maximum Gasteiger partial charge on any atom is 0.317 e. The molecule has 0 aromatic heterocycles. The number of amides is 2. The summed E-state index contributed by atoms with van der Waals surface area (Å²) in [6, 6.07) is 9.59. The highest BCUT2D eigenvalue weighted by Gasteiger charge is 2.29. The first kappa shape index (κ1) is 19.7. The van der Waals surface area contributed by atoms with E-state index in [9.17, 15) is 4.79 Å². The molecule has 0 bridgehead atoms. The summed E-state index contributed by atoms with van der Waals surface area (Å²) < 4.78 is 0. The van der Waals surface area contributed by atoms with Crippen molar-refractivity contribution in [3.05, 3.63) is 35.4 Å². The van der Waals surface area contributed by atoms with E-state index in [-0.39, 0.29) is 6.03 Å². The van der Waals surface area contributed by atoms with E-state index in [2.05, 4.69) is 39.4 Å². The molecule has 0 spiro atoms. The largest absolute Gasteiger partial charge is 0.338 e. The first-order valence-corrected chi connectivity index (χ1v) is 11.4. The number of nitrogens with zero attached hydrogens (tertiary/aromatic N) is 3. The predicted octanol–water partition coefficient (Wildman–Crippen LogP) is 3.27. The molecule has 1 aromatic rings. The zero-order valence-electron chi connectivity index (χ0n) is 17.2. The van der Waals surface area contributed by atoms with Crippen LogP contribution in [0.4, 0.5) is 4.79 Å². The van der Waals surface area contributed by atoms with Crippen LogP contribution in [0.15, 0.2) is 24.3 Å². The van der Waals surface area contributed by atoms with Gasteiger partial charge < -0.3 is 15.1 Å². The lowest BCUT2D eigenvalue weighted by Crippen LogP contribution is -2.53. The van der Waals surface area contributed by atoms with E-state index in [0.717, 1.165) is 45.7 Å². The summed E-state index contributed by atoms with van der Waals surface area (Å²) in [5.41, 5.74) is 3.04. The summed E-state index contributed by atoms with van der Waals surface area (Å²) >= 11 is 0. The van der Waals surface area contributed by atoms with E-state index in [0.29, 0.717) is 6.04 Å². The van der Waals surface area contributed by atoms with Crippen molar-refractivity contribution in [1.29, 1.82) is 0 Å². The second-order valence-electron chi connectivity index (χ2n) is 8.62. The van der Waals surface area contributed by atoms with Crippen LogP contribution in [0.1, 0.15) is 55.7 Å². The summed E-state index contributed by atoms with van der Waals surface area (Å²) in [5.74, 6) is 0. The number of nitrogens with one attached hydrogen (secondary N) is 1. The SMILES string of the molecule is O=C(NCCCN1CCCCC1)N1CCN(C2CCCc3ccccc32)CC1. The van der Waals surface area contributed by atoms with Gasteiger partial charge in [-0.2, -0.15) is 0 Å². The molecule has 2 saturated heterocycles. The molecule has 4 rings (SSSR count). The fourth-order valence-corrected chi connectivity index (χ4v) is 5.14. The number of carbonyl (C=O) groups is 1. The third-order valence-corrected chi connectivity index (χ3v) is 6.76. The molecule has 28 heavy (non-hydrogen) atoms. The summed E-state index contributed by atoms with van der Waals surface area (Å²) in [7, 11) is 0. The maximum atomic E-state index is 12.5. The molecule has 1 aliphatic carbocycles. The third-order valence-electron chi connectivity index (χ3n) is 6.76. The van der Waals surface area contributed by atoms with Gasteiger partial charge in [-0.15, -0.1) is 0 Å². The van der Waals surface area contributed by atoms with Gasteiger partial charge in [0.15, 0.2) is 0 Å². The molecule has 2 amide bonds. The van der Waals surface area contributed by atoms with Gasteiger partial charge in [0.1, 0.15) is 0 Å². The molecule has 154 valence electrons. The number of rotatable bonds is 5. The van der Waals surface area contributed by atoms with Crippen LogP contribution in [0.25, 0.3) is 0 Å². The topological polar surface area (TPSA) is 38.8 Å². The minimum atomic E-state index is 0.127. The number of urea groups is 1. The zero-order valence-corrected chi connectivity index (χ0v) is 17.2. The van der Waals surface area contributed by atoms with Crippen LogP contribution in [0.5, 0.6) is 0 Å². The van der Waals surface area contributed by atoms with Crippen LogP contribution in [0.2, 0.25) is 0 Å². The number of hydrogen-bond donors (Lipinski definition) is 1. The number of piperidine rings is 1. The second kappa shape index (κ2) is 9.75. The molecule has 1 N–H and O–H groups in total. The highest BCUT2D eigenvalue weighted by molar-refractivity contribution is 5.74.